The second kappa shape index (κ2) is 8.91. The van der Waals surface area contributed by atoms with Crippen LogP contribution < -0.4 is 5.32 Å². The van der Waals surface area contributed by atoms with E-state index in [9.17, 15) is 24.2 Å². The third kappa shape index (κ3) is 4.06. The number of aliphatic carboxylic acids is 2. The minimum absolute atomic E-state index is 0.116. The van der Waals surface area contributed by atoms with Gasteiger partial charge in [-0.05, 0) is 43.2 Å². The first-order valence-corrected chi connectivity index (χ1v) is 9.70. The van der Waals surface area contributed by atoms with Gasteiger partial charge >= 0.3 is 11.9 Å². The summed E-state index contributed by atoms with van der Waals surface area (Å²) in [5.74, 6) is -5.39. The molecule has 1 atom stereocenters. The molecule has 0 radical (unpaired) electrons. The maximum Gasteiger partial charge on any atom is 0.321 e. The lowest BCUT2D eigenvalue weighted by Crippen LogP contribution is -2.48. The Kier molecular flexibility index (Phi) is 6.47. The summed E-state index contributed by atoms with van der Waals surface area (Å²) in [6, 6.07) is 5.53. The van der Waals surface area contributed by atoms with E-state index in [0.717, 1.165) is 11.3 Å². The van der Waals surface area contributed by atoms with Gasteiger partial charge in [0, 0.05) is 25.5 Å². The van der Waals surface area contributed by atoms with Gasteiger partial charge in [0.2, 0.25) is 0 Å². The number of halogens is 1. The molecule has 1 aliphatic rings. The number of ether oxygens (including phenoxy) is 2. The van der Waals surface area contributed by atoms with Crippen molar-refractivity contribution in [3.05, 3.63) is 64.9 Å². The Labute approximate surface area is 178 Å². The van der Waals surface area contributed by atoms with Crippen molar-refractivity contribution in [2.75, 3.05) is 19.0 Å². The number of aromatic nitrogens is 1. The largest absolute Gasteiger partial charge is 0.480 e. The second-order valence-electron chi connectivity index (χ2n) is 7.37. The zero-order valence-electron chi connectivity index (χ0n) is 17.5. The number of hydrogen-bond acceptors (Lipinski definition) is 5. The van der Waals surface area contributed by atoms with Crippen molar-refractivity contribution in [3.8, 4) is 0 Å². The number of nitrogens with one attached hydrogen (secondary N) is 1. The van der Waals surface area contributed by atoms with Gasteiger partial charge in [0.05, 0.1) is 24.6 Å². The lowest BCUT2D eigenvalue weighted by atomic mass is 9.81. The molecule has 0 spiro atoms. The molecule has 0 saturated heterocycles. The van der Waals surface area contributed by atoms with Crippen LogP contribution in [0.5, 0.6) is 0 Å². The number of nitrogens with zero attached hydrogens (tertiary/aromatic N) is 1. The Hall–Kier alpha value is -3.17. The van der Waals surface area contributed by atoms with Gasteiger partial charge in [0.1, 0.15) is 5.82 Å². The molecule has 3 N–H and O–H groups in total. The normalized spacial score (nSPS) is 17.5. The number of hydrogen-bond donors (Lipinski definition) is 3. The quantitative estimate of drug-likeness (QED) is 0.523. The molecule has 0 amide bonds. The maximum atomic E-state index is 13.3. The zero-order chi connectivity index (χ0) is 22.8. The zero-order valence-corrected chi connectivity index (χ0v) is 17.5. The van der Waals surface area contributed by atoms with E-state index in [1.807, 2.05) is 18.4 Å². The minimum atomic E-state index is -1.92. The molecule has 8 nitrogen and oxygen atoms in total. The summed E-state index contributed by atoms with van der Waals surface area (Å²) >= 11 is 0. The summed E-state index contributed by atoms with van der Waals surface area (Å²) in [5.41, 5.74) is 1.45. The number of anilines is 1. The van der Waals surface area contributed by atoms with Crippen LogP contribution in [-0.2, 0) is 37.8 Å². The molecule has 9 heteroatoms. The molecular formula is C22H25FN2O6. The molecule has 31 heavy (non-hydrogen) atoms. The van der Waals surface area contributed by atoms with E-state index in [0.29, 0.717) is 30.1 Å². The summed E-state index contributed by atoms with van der Waals surface area (Å²) in [4.78, 5) is 24.3. The van der Waals surface area contributed by atoms with Crippen LogP contribution in [0.2, 0.25) is 0 Å². The molecule has 0 aliphatic carbocycles. The highest BCUT2D eigenvalue weighted by atomic mass is 19.1. The molecule has 0 bridgehead atoms. The van der Waals surface area contributed by atoms with Crippen molar-refractivity contribution in [1.82, 2.24) is 4.57 Å². The first-order chi connectivity index (χ1) is 14.7. The van der Waals surface area contributed by atoms with E-state index >= 15 is 0 Å². The van der Waals surface area contributed by atoms with Crippen LogP contribution in [0.15, 0.2) is 36.5 Å². The Morgan fingerprint density at radius 1 is 1.19 bits per heavy atom. The van der Waals surface area contributed by atoms with Gasteiger partial charge in [0.25, 0.3) is 0 Å². The van der Waals surface area contributed by atoms with Gasteiger partial charge < -0.3 is 29.6 Å². The molecular weight excluding hydrogens is 407 g/mol. The predicted molar refractivity (Wildman–Crippen MR) is 110 cm³/mol. The van der Waals surface area contributed by atoms with Crippen LogP contribution in [0.1, 0.15) is 22.5 Å². The SMILES string of the molecule is COCCn1c(C)c(C)c2c1C(OCc1ccc(F)cc1)(C(C(=O)O)C(=O)O)C=CN2. The molecule has 0 saturated carbocycles. The van der Waals surface area contributed by atoms with Gasteiger partial charge in [-0.2, -0.15) is 0 Å². The Bertz CT molecular complexity index is 1000. The number of rotatable bonds is 9. The lowest BCUT2D eigenvalue weighted by molar-refractivity contribution is -0.171. The Balaban J connectivity index is 2.19. The number of carboxylic acid groups (broad SMARTS) is 2. The lowest BCUT2D eigenvalue weighted by Gasteiger charge is -2.38. The number of fused-ring (bicyclic) bond motifs is 1. The van der Waals surface area contributed by atoms with Gasteiger partial charge in [-0.3, -0.25) is 9.59 Å². The number of carboxylic acids is 2. The van der Waals surface area contributed by atoms with E-state index in [-0.39, 0.29) is 6.61 Å². The highest BCUT2D eigenvalue weighted by Crippen LogP contribution is 2.46. The monoisotopic (exact) mass is 432 g/mol. The van der Waals surface area contributed by atoms with E-state index in [1.54, 1.807) is 7.11 Å². The van der Waals surface area contributed by atoms with Gasteiger partial charge in [-0.25, -0.2) is 4.39 Å². The van der Waals surface area contributed by atoms with Gasteiger partial charge in [0.15, 0.2) is 11.5 Å². The summed E-state index contributed by atoms with van der Waals surface area (Å²) in [6.07, 6.45) is 2.92. The smallest absolute Gasteiger partial charge is 0.321 e. The average Bonchev–Trinajstić information content (AvgIpc) is 2.97. The van der Waals surface area contributed by atoms with Crippen molar-refractivity contribution in [3.63, 3.8) is 0 Å². The molecule has 2 heterocycles. The fourth-order valence-electron chi connectivity index (χ4n) is 3.92. The number of methoxy groups -OCH3 is 1. The Morgan fingerprint density at radius 3 is 2.42 bits per heavy atom. The standard InChI is InChI=1S/C22H25FN2O6/c1-13-14(2)25(10-11-30-3)19-18(13)24-9-8-22(19,17(20(26)27)21(28)29)31-12-15-4-6-16(23)7-5-15/h4-9,17,24H,10-12H2,1-3H3,(H,26,27)(H,28,29). The van der Waals surface area contributed by atoms with E-state index in [1.165, 1.54) is 36.5 Å². The van der Waals surface area contributed by atoms with Gasteiger partial charge in [-0.15, -0.1) is 0 Å². The summed E-state index contributed by atoms with van der Waals surface area (Å²) in [6.45, 7) is 4.33. The topological polar surface area (TPSA) is 110 Å². The molecule has 0 fully saturated rings. The van der Waals surface area contributed by atoms with Crippen LogP contribution in [0.3, 0.4) is 0 Å². The van der Waals surface area contributed by atoms with Crippen molar-refractivity contribution in [2.24, 2.45) is 5.92 Å². The molecule has 1 aromatic carbocycles. The van der Waals surface area contributed by atoms with E-state index in [4.69, 9.17) is 9.47 Å². The van der Waals surface area contributed by atoms with E-state index < -0.39 is 29.3 Å². The molecule has 1 aliphatic heterocycles. The van der Waals surface area contributed by atoms with Crippen LogP contribution >= 0.6 is 0 Å². The van der Waals surface area contributed by atoms with Gasteiger partial charge in [-0.1, -0.05) is 12.1 Å². The van der Waals surface area contributed by atoms with Crippen molar-refractivity contribution >= 4 is 17.6 Å². The summed E-state index contributed by atoms with van der Waals surface area (Å²) < 4.78 is 26.4. The van der Waals surface area contributed by atoms with Crippen molar-refractivity contribution < 1.29 is 33.7 Å². The van der Waals surface area contributed by atoms with Crippen molar-refractivity contribution in [1.29, 1.82) is 0 Å². The third-order valence-electron chi connectivity index (χ3n) is 5.59. The highest BCUT2D eigenvalue weighted by molar-refractivity contribution is 5.95. The second-order valence-corrected chi connectivity index (χ2v) is 7.37. The van der Waals surface area contributed by atoms with Crippen LogP contribution in [-0.4, -0.2) is 40.4 Å². The molecule has 2 aromatic rings. The van der Waals surface area contributed by atoms with Crippen LogP contribution in [0.25, 0.3) is 0 Å². The fraction of sp³-hybridized carbons (Fsp3) is 0.364. The number of benzene rings is 1. The molecule has 1 unspecified atom stereocenters. The fourth-order valence-corrected chi connectivity index (χ4v) is 3.92. The maximum absolute atomic E-state index is 13.3. The third-order valence-corrected chi connectivity index (χ3v) is 5.59. The van der Waals surface area contributed by atoms with Crippen LogP contribution in [0, 0.1) is 25.6 Å². The van der Waals surface area contributed by atoms with Crippen molar-refractivity contribution in [2.45, 2.75) is 32.6 Å². The summed E-state index contributed by atoms with van der Waals surface area (Å²) in [7, 11) is 1.55. The number of carbonyl (C=O) groups is 2. The first kappa shape index (κ1) is 22.5. The first-order valence-electron chi connectivity index (χ1n) is 9.70. The minimum Gasteiger partial charge on any atom is -0.480 e. The predicted octanol–water partition coefficient (Wildman–Crippen LogP) is 3.03. The highest BCUT2D eigenvalue weighted by Gasteiger charge is 2.53. The van der Waals surface area contributed by atoms with Crippen LogP contribution in [0.4, 0.5) is 10.1 Å². The molecule has 1 aromatic heterocycles. The average molecular weight is 432 g/mol. The molecule has 3 rings (SSSR count). The Morgan fingerprint density at radius 2 is 1.84 bits per heavy atom. The summed E-state index contributed by atoms with van der Waals surface area (Å²) in [5, 5.41) is 22.8. The molecule has 166 valence electrons. The van der Waals surface area contributed by atoms with E-state index in [2.05, 4.69) is 5.32 Å².